The fourth-order valence-corrected chi connectivity index (χ4v) is 8.44. The number of rotatable bonds is 4. The second kappa shape index (κ2) is 11.8. The molecule has 0 radical (unpaired) electrons. The molecular weight excluding hydrogens is 516 g/mol. The molecule has 6 rings (SSSR count). The molecule has 2 N–H and O–H groups in total. The monoisotopic (exact) mass is 570 g/mol. The first-order chi connectivity index (χ1) is 19.8. The Morgan fingerprint density at radius 2 is 1.10 bits per heavy atom. The number of phenolic OH excluding ortho intramolecular Hbond substituents is 2. The van der Waals surface area contributed by atoms with Gasteiger partial charge in [-0.05, 0) is 136 Å². The lowest BCUT2D eigenvalue weighted by Gasteiger charge is -2.54. The van der Waals surface area contributed by atoms with Gasteiger partial charge in [0.1, 0.15) is 11.5 Å². The number of likely N-dealkylation sites (tertiary alicyclic amines) is 2. The predicted molar refractivity (Wildman–Crippen MR) is 175 cm³/mol. The Bertz CT molecular complexity index is 1250. The summed E-state index contributed by atoms with van der Waals surface area (Å²) in [5.41, 5.74) is 8.84. The highest BCUT2D eigenvalue weighted by atomic mass is 16.3. The molecule has 228 valence electrons. The van der Waals surface area contributed by atoms with Gasteiger partial charge >= 0.3 is 0 Å². The first-order valence-electron chi connectivity index (χ1n) is 16.2. The van der Waals surface area contributed by atoms with E-state index < -0.39 is 0 Å². The van der Waals surface area contributed by atoms with Gasteiger partial charge in [0.25, 0.3) is 0 Å². The molecule has 42 heavy (non-hydrogen) atoms. The van der Waals surface area contributed by atoms with E-state index in [9.17, 15) is 10.2 Å². The molecule has 0 unspecified atom stereocenters. The first-order valence-corrected chi connectivity index (χ1v) is 16.2. The molecule has 0 amide bonds. The van der Waals surface area contributed by atoms with E-state index in [1.807, 2.05) is 24.3 Å². The molecule has 4 nitrogen and oxygen atoms in total. The SMILES string of the molecule is CC(C)=CCN1CC[C@@]2(C)c3cc(O)ccc3C[C@@H]1[C@@H]2C.CC(C)=CCN1CC[C@@]2(C)c3cc(O)ccc3C[C@@H]1[C@@H]2C. The van der Waals surface area contributed by atoms with E-state index in [-0.39, 0.29) is 10.8 Å². The third-order valence-corrected chi connectivity index (χ3v) is 11.7. The van der Waals surface area contributed by atoms with Gasteiger partial charge in [0.05, 0.1) is 0 Å². The third kappa shape index (κ3) is 5.69. The third-order valence-electron chi connectivity index (χ3n) is 11.7. The average Bonchev–Trinajstić information content (AvgIpc) is 2.93. The summed E-state index contributed by atoms with van der Waals surface area (Å²) in [7, 11) is 0. The van der Waals surface area contributed by atoms with Crippen LogP contribution in [0.5, 0.6) is 11.5 Å². The van der Waals surface area contributed by atoms with Crippen molar-refractivity contribution in [3.05, 3.63) is 82.0 Å². The van der Waals surface area contributed by atoms with Crippen molar-refractivity contribution in [1.82, 2.24) is 9.80 Å². The molecule has 4 heteroatoms. The molecule has 4 bridgehead atoms. The molecule has 6 atom stereocenters. The van der Waals surface area contributed by atoms with E-state index in [1.165, 1.54) is 46.2 Å². The lowest BCUT2D eigenvalue weighted by atomic mass is 9.59. The van der Waals surface area contributed by atoms with Crippen LogP contribution in [-0.4, -0.2) is 58.3 Å². The summed E-state index contributed by atoms with van der Waals surface area (Å²) in [6.45, 7) is 22.7. The topological polar surface area (TPSA) is 46.9 Å². The molecule has 2 heterocycles. The highest BCUT2D eigenvalue weighted by Crippen LogP contribution is 2.50. The van der Waals surface area contributed by atoms with Gasteiger partial charge in [0.2, 0.25) is 0 Å². The highest BCUT2D eigenvalue weighted by Gasteiger charge is 2.49. The van der Waals surface area contributed by atoms with Crippen LogP contribution >= 0.6 is 0 Å². The minimum Gasteiger partial charge on any atom is -0.508 e. The van der Waals surface area contributed by atoms with Gasteiger partial charge in [-0.2, -0.15) is 0 Å². The Kier molecular flexibility index (Phi) is 8.71. The molecule has 2 aromatic carbocycles. The number of hydrogen-bond acceptors (Lipinski definition) is 4. The number of benzene rings is 2. The summed E-state index contributed by atoms with van der Waals surface area (Å²) in [5, 5.41) is 19.7. The maximum Gasteiger partial charge on any atom is 0.115 e. The quantitative estimate of drug-likeness (QED) is 0.369. The molecule has 0 spiro atoms. The van der Waals surface area contributed by atoms with E-state index in [0.717, 1.165) is 39.0 Å². The number of allylic oxidation sites excluding steroid dienone is 2. The Morgan fingerprint density at radius 1 is 0.714 bits per heavy atom. The van der Waals surface area contributed by atoms with Crippen LogP contribution in [-0.2, 0) is 23.7 Å². The molecule has 2 aliphatic heterocycles. The lowest BCUT2D eigenvalue weighted by molar-refractivity contribution is 0.0396. The molecule has 4 aliphatic rings. The summed E-state index contributed by atoms with van der Waals surface area (Å²) in [4.78, 5) is 5.30. The zero-order valence-corrected chi connectivity index (χ0v) is 27.4. The molecule has 2 aromatic rings. The van der Waals surface area contributed by atoms with Gasteiger partial charge < -0.3 is 10.2 Å². The van der Waals surface area contributed by atoms with Crippen LogP contribution in [0, 0.1) is 11.8 Å². The summed E-state index contributed by atoms with van der Waals surface area (Å²) in [5.74, 6) is 2.08. The molecule has 2 saturated heterocycles. The Labute approximate surface area is 255 Å². The standard InChI is InChI=1S/2C19H27NO/c2*1-13(2)7-9-20-10-8-19(4)14(3)18(20)11-15-5-6-16(21)12-17(15)19/h2*5-7,12,14,18,21H,8-11H2,1-4H3/t2*14-,18+,19+/m00/s1. The van der Waals surface area contributed by atoms with Gasteiger partial charge in [-0.25, -0.2) is 0 Å². The number of aromatic hydroxyl groups is 2. The normalized spacial score (nSPS) is 31.6. The summed E-state index contributed by atoms with van der Waals surface area (Å²) < 4.78 is 0. The number of phenols is 2. The van der Waals surface area contributed by atoms with E-state index >= 15 is 0 Å². The van der Waals surface area contributed by atoms with Crippen LogP contribution in [0.3, 0.4) is 0 Å². The van der Waals surface area contributed by atoms with Gasteiger partial charge in [-0.15, -0.1) is 0 Å². The highest BCUT2D eigenvalue weighted by molar-refractivity contribution is 5.45. The van der Waals surface area contributed by atoms with Gasteiger partial charge in [0, 0.05) is 25.2 Å². The minimum absolute atomic E-state index is 0.207. The van der Waals surface area contributed by atoms with Crippen LogP contribution in [0.4, 0.5) is 0 Å². The van der Waals surface area contributed by atoms with Gasteiger partial charge in [-0.1, -0.05) is 63.1 Å². The van der Waals surface area contributed by atoms with E-state index in [2.05, 4.69) is 89.5 Å². The summed E-state index contributed by atoms with van der Waals surface area (Å²) in [6, 6.07) is 13.2. The van der Waals surface area contributed by atoms with Crippen molar-refractivity contribution in [1.29, 1.82) is 0 Å². The Morgan fingerprint density at radius 3 is 1.45 bits per heavy atom. The number of fused-ring (bicyclic) bond motifs is 8. The van der Waals surface area contributed by atoms with Crippen LogP contribution < -0.4 is 0 Å². The zero-order chi connectivity index (χ0) is 30.4. The minimum atomic E-state index is 0.207. The van der Waals surface area contributed by atoms with Crippen LogP contribution in [0.2, 0.25) is 0 Å². The predicted octanol–water partition coefficient (Wildman–Crippen LogP) is 7.77. The average molecular weight is 571 g/mol. The maximum absolute atomic E-state index is 9.87. The van der Waals surface area contributed by atoms with Crippen molar-refractivity contribution in [3.63, 3.8) is 0 Å². The van der Waals surface area contributed by atoms with Crippen molar-refractivity contribution in [2.75, 3.05) is 26.2 Å². The van der Waals surface area contributed by atoms with E-state index in [0.29, 0.717) is 35.4 Å². The Hall–Kier alpha value is -2.56. The number of hydrogen-bond donors (Lipinski definition) is 2. The smallest absolute Gasteiger partial charge is 0.115 e. The van der Waals surface area contributed by atoms with Crippen molar-refractivity contribution >= 4 is 0 Å². The molecule has 0 aromatic heterocycles. The van der Waals surface area contributed by atoms with Crippen LogP contribution in [0.25, 0.3) is 0 Å². The maximum atomic E-state index is 9.87. The number of nitrogens with zero attached hydrogens (tertiary/aromatic N) is 2. The largest absolute Gasteiger partial charge is 0.508 e. The van der Waals surface area contributed by atoms with Crippen molar-refractivity contribution in [3.8, 4) is 11.5 Å². The lowest BCUT2D eigenvalue weighted by Crippen LogP contribution is -2.57. The van der Waals surface area contributed by atoms with Crippen LogP contribution in [0.1, 0.15) is 90.5 Å². The van der Waals surface area contributed by atoms with Crippen molar-refractivity contribution in [2.24, 2.45) is 11.8 Å². The second-order valence-electron chi connectivity index (χ2n) is 14.7. The van der Waals surface area contributed by atoms with Crippen molar-refractivity contribution < 1.29 is 10.2 Å². The fourth-order valence-electron chi connectivity index (χ4n) is 8.44. The number of piperidine rings is 2. The fraction of sp³-hybridized carbons (Fsp3) is 0.579. The van der Waals surface area contributed by atoms with Gasteiger partial charge in [-0.3, -0.25) is 9.80 Å². The second-order valence-corrected chi connectivity index (χ2v) is 14.7. The molecule has 2 fully saturated rings. The Balaban J connectivity index is 0.000000168. The van der Waals surface area contributed by atoms with Crippen molar-refractivity contribution in [2.45, 2.75) is 104 Å². The summed E-state index contributed by atoms with van der Waals surface area (Å²) >= 11 is 0. The molecule has 0 saturated carbocycles. The zero-order valence-electron chi connectivity index (χ0n) is 27.4. The van der Waals surface area contributed by atoms with Crippen LogP contribution in [0.15, 0.2) is 59.7 Å². The van der Waals surface area contributed by atoms with E-state index in [1.54, 1.807) is 0 Å². The summed E-state index contributed by atoms with van der Waals surface area (Å²) in [6.07, 6.45) is 9.28. The van der Waals surface area contributed by atoms with E-state index in [4.69, 9.17) is 0 Å². The first kappa shape index (κ1) is 30.9. The van der Waals surface area contributed by atoms with Gasteiger partial charge in [0.15, 0.2) is 0 Å². The molecule has 2 aliphatic carbocycles. The molecular formula is C38H54N2O2.